The fraction of sp³-hybridized carbons (Fsp3) is 0.414. The fourth-order valence-corrected chi connectivity index (χ4v) is 5.83. The average molecular weight is 524 g/mol. The number of carbonyl (C=O) groups excluding carboxylic acids is 3. The molecule has 1 heterocycles. The fourth-order valence-electron chi connectivity index (χ4n) is 5.83. The van der Waals surface area contributed by atoms with Crippen LogP contribution in [-0.4, -0.2) is 71.7 Å². The van der Waals surface area contributed by atoms with Crippen LogP contribution < -0.4 is 0 Å². The Balaban J connectivity index is 1.58. The van der Waals surface area contributed by atoms with E-state index >= 15 is 0 Å². The highest BCUT2D eigenvalue weighted by Crippen LogP contribution is 2.46. The van der Waals surface area contributed by atoms with Crippen LogP contribution in [0.15, 0.2) is 53.1 Å². The molecule has 4 rings (SSSR count). The van der Waals surface area contributed by atoms with E-state index in [-0.39, 0.29) is 18.8 Å². The summed E-state index contributed by atoms with van der Waals surface area (Å²) in [4.78, 5) is 38.6. The number of phenolic OH excluding ortho intramolecular Hbond substituents is 1. The zero-order chi connectivity index (χ0) is 27.6. The third-order valence-electron chi connectivity index (χ3n) is 7.56. The Morgan fingerprint density at radius 3 is 2.50 bits per heavy atom. The molecule has 38 heavy (non-hydrogen) atoms. The highest BCUT2D eigenvalue weighted by molar-refractivity contribution is 6.16. The number of fused-ring (bicyclic) bond motifs is 2. The van der Waals surface area contributed by atoms with Gasteiger partial charge in [0.05, 0.1) is 38.3 Å². The van der Waals surface area contributed by atoms with E-state index in [4.69, 9.17) is 4.74 Å². The molecule has 1 saturated heterocycles. The third kappa shape index (κ3) is 4.97. The van der Waals surface area contributed by atoms with Gasteiger partial charge in [-0.05, 0) is 54.3 Å². The van der Waals surface area contributed by atoms with Gasteiger partial charge >= 0.3 is 6.09 Å². The van der Waals surface area contributed by atoms with E-state index in [9.17, 15) is 29.7 Å². The minimum Gasteiger partial charge on any atom is -0.507 e. The summed E-state index contributed by atoms with van der Waals surface area (Å²) in [5.41, 5.74) is 3.08. The highest BCUT2D eigenvalue weighted by Gasteiger charge is 2.57. The molecule has 2 aromatic carbocycles. The number of benzene rings is 2. The van der Waals surface area contributed by atoms with Gasteiger partial charge < -0.3 is 24.8 Å². The van der Waals surface area contributed by atoms with Crippen molar-refractivity contribution in [1.82, 2.24) is 4.90 Å². The van der Waals surface area contributed by atoms with E-state index in [0.29, 0.717) is 28.9 Å². The largest absolute Gasteiger partial charge is 0.507 e. The van der Waals surface area contributed by atoms with Crippen LogP contribution in [0, 0.1) is 17.8 Å². The zero-order valence-corrected chi connectivity index (χ0v) is 21.7. The molecular weight excluding hydrogens is 490 g/mol. The monoisotopic (exact) mass is 523 g/mol. The van der Waals surface area contributed by atoms with E-state index in [2.05, 4.69) is 4.74 Å². The number of nitrogens with zero attached hydrogens (tertiary/aromatic N) is 1. The van der Waals surface area contributed by atoms with E-state index in [0.717, 1.165) is 29.0 Å². The van der Waals surface area contributed by atoms with Gasteiger partial charge in [0, 0.05) is 18.4 Å². The van der Waals surface area contributed by atoms with Gasteiger partial charge in [-0.1, -0.05) is 42.0 Å². The van der Waals surface area contributed by atoms with Gasteiger partial charge in [-0.25, -0.2) is 4.79 Å². The van der Waals surface area contributed by atoms with Crippen molar-refractivity contribution in [3.8, 4) is 5.75 Å². The maximum atomic E-state index is 13.1. The van der Waals surface area contributed by atoms with Crippen molar-refractivity contribution >= 4 is 34.8 Å². The summed E-state index contributed by atoms with van der Waals surface area (Å²) in [5.74, 6) is -3.79. The summed E-state index contributed by atoms with van der Waals surface area (Å²) in [6.45, 7) is 1.61. The van der Waals surface area contributed by atoms with Crippen LogP contribution in [0.4, 0.5) is 4.79 Å². The SMILES string of the molecule is COCC1=C([C@H](O)CC/C(C)=C/c2ccc(O)c3ccccc23)[C@H](CO)[C@@H]2C(=O)N(C(=O)OC)C(=O)[C@@H]2C1. The number of imide groups is 3. The Labute approximate surface area is 221 Å². The average Bonchev–Trinajstić information content (AvgIpc) is 3.17. The molecule has 202 valence electrons. The van der Waals surface area contributed by atoms with Crippen molar-refractivity contribution in [2.45, 2.75) is 32.3 Å². The van der Waals surface area contributed by atoms with Crippen LogP contribution in [0.3, 0.4) is 0 Å². The van der Waals surface area contributed by atoms with E-state index in [1.165, 1.54) is 7.11 Å². The summed E-state index contributed by atoms with van der Waals surface area (Å²) >= 11 is 0. The Kier molecular flexibility index (Phi) is 8.30. The minimum absolute atomic E-state index is 0.125. The molecule has 2 aromatic rings. The maximum Gasteiger partial charge on any atom is 0.423 e. The second-order valence-corrected chi connectivity index (χ2v) is 9.86. The van der Waals surface area contributed by atoms with Gasteiger partial charge in [0.2, 0.25) is 11.8 Å². The minimum atomic E-state index is -1.05. The molecule has 2 aliphatic rings. The molecule has 0 bridgehead atoms. The van der Waals surface area contributed by atoms with E-state index in [1.54, 1.807) is 6.07 Å². The van der Waals surface area contributed by atoms with Crippen molar-refractivity contribution in [2.24, 2.45) is 17.8 Å². The molecule has 3 amide bonds. The molecule has 9 nitrogen and oxygen atoms in total. The Morgan fingerprint density at radius 1 is 1.13 bits per heavy atom. The van der Waals surface area contributed by atoms with Gasteiger partial charge in [0.25, 0.3) is 0 Å². The van der Waals surface area contributed by atoms with Crippen LogP contribution in [-0.2, 0) is 19.1 Å². The van der Waals surface area contributed by atoms with Crippen LogP contribution in [0.25, 0.3) is 16.8 Å². The number of aliphatic hydroxyl groups excluding tert-OH is 2. The lowest BCUT2D eigenvalue weighted by atomic mass is 9.68. The molecule has 0 unspecified atom stereocenters. The standard InChI is InChI=1S/C29H33NO8/c1-16(12-17-9-11-23(32)20-7-5-4-6-19(17)20)8-10-24(33)25-18(15-37-2)13-21-26(22(25)14-31)28(35)30(27(21)34)29(36)38-3/h4-7,9,11-12,21-22,24,26,31-33H,8,10,13-15H2,1-3H3/b16-12+/t21-,22+,24-,26-/m1/s1. The molecule has 9 heteroatoms. The first kappa shape index (κ1) is 27.5. The number of aromatic hydroxyl groups is 1. The first-order chi connectivity index (χ1) is 18.2. The molecule has 0 aromatic heterocycles. The lowest BCUT2D eigenvalue weighted by Crippen LogP contribution is -2.40. The quantitative estimate of drug-likeness (QED) is 0.354. The second kappa shape index (κ2) is 11.5. The second-order valence-electron chi connectivity index (χ2n) is 9.86. The van der Waals surface area contributed by atoms with Crippen LogP contribution in [0.1, 0.15) is 31.7 Å². The molecule has 3 N–H and O–H groups in total. The molecular formula is C29H33NO8. The molecule has 1 fully saturated rings. The summed E-state index contributed by atoms with van der Waals surface area (Å²) in [6.07, 6.45) is 0.948. The number of phenols is 1. The van der Waals surface area contributed by atoms with Crippen molar-refractivity contribution < 1.29 is 39.2 Å². The topological polar surface area (TPSA) is 134 Å². The summed E-state index contributed by atoms with van der Waals surface area (Å²) in [5, 5.41) is 33.4. The maximum absolute atomic E-state index is 13.1. The van der Waals surface area contributed by atoms with E-state index < -0.39 is 48.4 Å². The molecule has 4 atom stereocenters. The van der Waals surface area contributed by atoms with Gasteiger partial charge in [0.1, 0.15) is 5.75 Å². The van der Waals surface area contributed by atoms with Gasteiger partial charge in [0.15, 0.2) is 0 Å². The predicted molar refractivity (Wildman–Crippen MR) is 140 cm³/mol. The van der Waals surface area contributed by atoms with Crippen LogP contribution in [0.2, 0.25) is 0 Å². The summed E-state index contributed by atoms with van der Waals surface area (Å²) in [6, 6.07) is 11.1. The third-order valence-corrected chi connectivity index (χ3v) is 7.56. The Hall–Kier alpha value is -3.53. The van der Waals surface area contributed by atoms with Crippen LogP contribution >= 0.6 is 0 Å². The normalized spacial score (nSPS) is 22.7. The lowest BCUT2D eigenvalue weighted by Gasteiger charge is -2.36. The Bertz CT molecular complexity index is 1310. The number of amides is 3. The number of likely N-dealkylation sites (tertiary alicyclic amines) is 1. The number of rotatable bonds is 8. The van der Waals surface area contributed by atoms with Gasteiger partial charge in [-0.3, -0.25) is 9.59 Å². The van der Waals surface area contributed by atoms with Crippen molar-refractivity contribution in [3.63, 3.8) is 0 Å². The molecule has 0 saturated carbocycles. The van der Waals surface area contributed by atoms with Crippen molar-refractivity contribution in [2.75, 3.05) is 27.4 Å². The molecule has 0 spiro atoms. The van der Waals surface area contributed by atoms with Crippen molar-refractivity contribution in [3.05, 3.63) is 58.7 Å². The number of allylic oxidation sites excluding steroid dienone is 1. The number of methoxy groups -OCH3 is 2. The van der Waals surface area contributed by atoms with Gasteiger partial charge in [-0.15, -0.1) is 0 Å². The number of ether oxygens (including phenoxy) is 2. The highest BCUT2D eigenvalue weighted by atomic mass is 16.5. The number of hydrogen-bond donors (Lipinski definition) is 3. The van der Waals surface area contributed by atoms with Crippen molar-refractivity contribution in [1.29, 1.82) is 0 Å². The smallest absolute Gasteiger partial charge is 0.423 e. The Morgan fingerprint density at radius 2 is 1.84 bits per heavy atom. The van der Waals surface area contributed by atoms with Gasteiger partial charge in [-0.2, -0.15) is 4.90 Å². The molecule has 1 aliphatic heterocycles. The lowest BCUT2D eigenvalue weighted by molar-refractivity contribution is -0.137. The summed E-state index contributed by atoms with van der Waals surface area (Å²) < 4.78 is 9.95. The van der Waals surface area contributed by atoms with E-state index in [1.807, 2.05) is 43.3 Å². The first-order valence-corrected chi connectivity index (χ1v) is 12.6. The predicted octanol–water partition coefficient (Wildman–Crippen LogP) is 3.41. The molecule has 1 aliphatic carbocycles. The number of aliphatic hydroxyl groups is 2. The number of carbonyl (C=O) groups is 3. The first-order valence-electron chi connectivity index (χ1n) is 12.6. The van der Waals surface area contributed by atoms with Crippen LogP contribution in [0.5, 0.6) is 5.75 Å². The molecule has 0 radical (unpaired) electrons. The number of hydrogen-bond acceptors (Lipinski definition) is 8. The zero-order valence-electron chi connectivity index (χ0n) is 21.7. The summed E-state index contributed by atoms with van der Waals surface area (Å²) in [7, 11) is 2.59.